The molecule has 0 aliphatic rings. The number of carbonyl (C=O) groups excluding carboxylic acids is 1. The maximum atomic E-state index is 12.4. The summed E-state index contributed by atoms with van der Waals surface area (Å²) in [5, 5.41) is 12.5. The van der Waals surface area contributed by atoms with Gasteiger partial charge in [-0.15, -0.1) is 5.10 Å². The van der Waals surface area contributed by atoms with E-state index in [2.05, 4.69) is 10.1 Å². The van der Waals surface area contributed by atoms with E-state index in [1.807, 2.05) is 25.5 Å². The molecule has 8 nitrogen and oxygen atoms in total. The molecule has 0 spiro atoms. The SMILES string of the molecule is CC(C(=O)NS(=O)(=O)c1ccc(C(C)(C)C)cc1)n1cnc(C#N)n1. The van der Waals surface area contributed by atoms with Gasteiger partial charge in [0.15, 0.2) is 0 Å². The van der Waals surface area contributed by atoms with Gasteiger partial charge in [-0.05, 0) is 30.0 Å². The summed E-state index contributed by atoms with van der Waals surface area (Å²) in [6.07, 6.45) is 1.20. The van der Waals surface area contributed by atoms with Crippen LogP contribution in [0.25, 0.3) is 0 Å². The van der Waals surface area contributed by atoms with Gasteiger partial charge in [0.1, 0.15) is 18.4 Å². The molecule has 9 heteroatoms. The van der Waals surface area contributed by atoms with Crippen LogP contribution in [0.4, 0.5) is 0 Å². The van der Waals surface area contributed by atoms with Crippen molar-refractivity contribution in [3.05, 3.63) is 42.0 Å². The zero-order valence-electron chi connectivity index (χ0n) is 14.4. The average molecular weight is 361 g/mol. The molecule has 1 N–H and O–H groups in total. The predicted molar refractivity (Wildman–Crippen MR) is 89.9 cm³/mol. The predicted octanol–water partition coefficient (Wildman–Crippen LogP) is 1.51. The normalized spacial score (nSPS) is 13.1. The van der Waals surface area contributed by atoms with E-state index in [4.69, 9.17) is 5.26 Å². The van der Waals surface area contributed by atoms with Crippen LogP contribution in [0.3, 0.4) is 0 Å². The zero-order valence-corrected chi connectivity index (χ0v) is 15.2. The number of sulfonamides is 1. The third-order valence-corrected chi connectivity index (χ3v) is 5.01. The fourth-order valence-corrected chi connectivity index (χ4v) is 3.09. The number of hydrogen-bond acceptors (Lipinski definition) is 6. The Morgan fingerprint density at radius 3 is 2.36 bits per heavy atom. The first-order chi connectivity index (χ1) is 11.5. The van der Waals surface area contributed by atoms with Gasteiger partial charge in [0.05, 0.1) is 4.90 Å². The fraction of sp³-hybridized carbons (Fsp3) is 0.375. The van der Waals surface area contributed by atoms with E-state index >= 15 is 0 Å². The molecule has 25 heavy (non-hydrogen) atoms. The van der Waals surface area contributed by atoms with Crippen molar-refractivity contribution in [1.29, 1.82) is 5.26 Å². The van der Waals surface area contributed by atoms with E-state index in [1.165, 1.54) is 25.4 Å². The van der Waals surface area contributed by atoms with Gasteiger partial charge in [0, 0.05) is 0 Å². The third kappa shape index (κ3) is 4.22. The summed E-state index contributed by atoms with van der Waals surface area (Å²) in [7, 11) is -4.00. The number of benzene rings is 1. The molecule has 0 saturated carbocycles. The topological polar surface area (TPSA) is 118 Å². The highest BCUT2D eigenvalue weighted by molar-refractivity contribution is 7.90. The highest BCUT2D eigenvalue weighted by atomic mass is 32.2. The van der Waals surface area contributed by atoms with Gasteiger partial charge in [-0.2, -0.15) is 5.26 Å². The number of nitrogens with zero attached hydrogens (tertiary/aromatic N) is 4. The Balaban J connectivity index is 2.17. The van der Waals surface area contributed by atoms with Crippen LogP contribution in [0, 0.1) is 11.3 Å². The van der Waals surface area contributed by atoms with E-state index in [9.17, 15) is 13.2 Å². The van der Waals surface area contributed by atoms with E-state index in [-0.39, 0.29) is 16.1 Å². The molecule has 132 valence electrons. The number of amides is 1. The number of nitrogens with one attached hydrogen (secondary N) is 1. The van der Waals surface area contributed by atoms with Crippen LogP contribution in [-0.2, 0) is 20.2 Å². The molecule has 0 fully saturated rings. The summed E-state index contributed by atoms with van der Waals surface area (Å²) < 4.78 is 27.9. The molecule has 1 heterocycles. The van der Waals surface area contributed by atoms with Crippen molar-refractivity contribution >= 4 is 15.9 Å². The molecular formula is C16H19N5O3S. The van der Waals surface area contributed by atoms with Crippen molar-refractivity contribution in [3.63, 3.8) is 0 Å². The summed E-state index contributed by atoms with van der Waals surface area (Å²) in [6, 6.07) is 7.17. The van der Waals surface area contributed by atoms with Crippen LogP contribution >= 0.6 is 0 Å². The van der Waals surface area contributed by atoms with Crippen LogP contribution < -0.4 is 4.72 Å². The Bertz CT molecular complexity index is 918. The lowest BCUT2D eigenvalue weighted by molar-refractivity contribution is -0.122. The number of rotatable bonds is 4. The van der Waals surface area contributed by atoms with Gasteiger partial charge in [0.2, 0.25) is 0 Å². The Morgan fingerprint density at radius 2 is 1.88 bits per heavy atom. The molecule has 2 rings (SSSR count). The summed E-state index contributed by atoms with van der Waals surface area (Å²) in [6.45, 7) is 7.53. The molecular weight excluding hydrogens is 342 g/mol. The second-order valence-electron chi connectivity index (χ2n) is 6.58. The second-order valence-corrected chi connectivity index (χ2v) is 8.26. The molecule has 2 aromatic rings. The minimum atomic E-state index is -4.00. The van der Waals surface area contributed by atoms with Gasteiger partial charge in [-0.3, -0.25) is 4.79 Å². The second kappa shape index (κ2) is 6.64. The lowest BCUT2D eigenvalue weighted by Crippen LogP contribution is -2.36. The quantitative estimate of drug-likeness (QED) is 0.882. The maximum absolute atomic E-state index is 12.4. The molecule has 1 atom stereocenters. The average Bonchev–Trinajstić information content (AvgIpc) is 3.02. The van der Waals surface area contributed by atoms with Crippen LogP contribution in [0.1, 0.15) is 45.1 Å². The van der Waals surface area contributed by atoms with Crippen molar-refractivity contribution in [1.82, 2.24) is 19.5 Å². The lowest BCUT2D eigenvalue weighted by Gasteiger charge is -2.19. The molecule has 0 bridgehead atoms. The Kier molecular flexibility index (Phi) is 4.94. The standard InChI is InChI=1S/C16H19N5O3S/c1-11(21-10-18-14(9-17)19-21)15(22)20-25(23,24)13-7-5-12(6-8-13)16(2,3)4/h5-8,10-11H,1-4H3,(H,20,22). The van der Waals surface area contributed by atoms with Crippen molar-refractivity contribution in [2.24, 2.45) is 0 Å². The van der Waals surface area contributed by atoms with Crippen molar-refractivity contribution in [3.8, 4) is 6.07 Å². The number of hydrogen-bond donors (Lipinski definition) is 1. The van der Waals surface area contributed by atoms with Gasteiger partial charge in [-0.25, -0.2) is 22.8 Å². The maximum Gasteiger partial charge on any atom is 0.264 e. The zero-order chi connectivity index (χ0) is 18.8. The largest absolute Gasteiger partial charge is 0.272 e. The van der Waals surface area contributed by atoms with Crippen LogP contribution in [0.5, 0.6) is 0 Å². The Labute approximate surface area is 146 Å². The Morgan fingerprint density at radius 1 is 1.28 bits per heavy atom. The monoisotopic (exact) mass is 361 g/mol. The molecule has 0 aliphatic heterocycles. The molecule has 0 radical (unpaired) electrons. The first kappa shape index (κ1) is 18.6. The highest BCUT2D eigenvalue weighted by Crippen LogP contribution is 2.23. The van der Waals surface area contributed by atoms with Crippen LogP contribution in [0.15, 0.2) is 35.5 Å². The fourth-order valence-electron chi connectivity index (χ4n) is 2.04. The highest BCUT2D eigenvalue weighted by Gasteiger charge is 2.24. The van der Waals surface area contributed by atoms with Crippen LogP contribution in [-0.4, -0.2) is 29.1 Å². The minimum absolute atomic E-state index is 0.00245. The van der Waals surface area contributed by atoms with Gasteiger partial charge >= 0.3 is 0 Å². The summed E-state index contributed by atoms with van der Waals surface area (Å²) >= 11 is 0. The number of aromatic nitrogens is 3. The first-order valence-corrected chi connectivity index (χ1v) is 9.01. The van der Waals surface area contributed by atoms with E-state index in [0.717, 1.165) is 10.2 Å². The Hall–Kier alpha value is -2.73. The van der Waals surface area contributed by atoms with Crippen molar-refractivity contribution in [2.45, 2.75) is 44.0 Å². The van der Waals surface area contributed by atoms with E-state index in [0.29, 0.717) is 0 Å². The molecule has 1 unspecified atom stereocenters. The lowest BCUT2D eigenvalue weighted by atomic mass is 9.87. The number of nitriles is 1. The van der Waals surface area contributed by atoms with Gasteiger partial charge in [-0.1, -0.05) is 32.9 Å². The minimum Gasteiger partial charge on any atom is -0.272 e. The van der Waals surface area contributed by atoms with Crippen molar-refractivity contribution in [2.75, 3.05) is 0 Å². The number of carbonyl (C=O) groups is 1. The summed E-state index contributed by atoms with van der Waals surface area (Å²) in [5.41, 5.74) is 0.879. The van der Waals surface area contributed by atoms with Crippen LogP contribution in [0.2, 0.25) is 0 Å². The van der Waals surface area contributed by atoms with E-state index in [1.54, 1.807) is 18.2 Å². The van der Waals surface area contributed by atoms with Gasteiger partial charge < -0.3 is 0 Å². The smallest absolute Gasteiger partial charge is 0.264 e. The molecule has 0 aliphatic carbocycles. The van der Waals surface area contributed by atoms with Crippen molar-refractivity contribution < 1.29 is 13.2 Å². The summed E-state index contributed by atoms with van der Waals surface area (Å²) in [5.74, 6) is -0.866. The first-order valence-electron chi connectivity index (χ1n) is 7.53. The molecule has 1 amide bonds. The third-order valence-electron chi connectivity index (χ3n) is 3.65. The van der Waals surface area contributed by atoms with E-state index < -0.39 is 22.0 Å². The van der Waals surface area contributed by atoms with Gasteiger partial charge in [0.25, 0.3) is 21.8 Å². The molecule has 1 aromatic heterocycles. The molecule has 1 aromatic carbocycles. The summed E-state index contributed by atoms with van der Waals surface area (Å²) in [4.78, 5) is 15.9. The molecule has 0 saturated heterocycles.